The summed E-state index contributed by atoms with van der Waals surface area (Å²) in [5.74, 6) is 1.22. The quantitative estimate of drug-likeness (QED) is 0.853. The van der Waals surface area contributed by atoms with E-state index in [1.165, 1.54) is 5.56 Å². The minimum absolute atomic E-state index is 0.197. The Bertz CT molecular complexity index is 620. The van der Waals surface area contributed by atoms with Gasteiger partial charge in [-0.2, -0.15) is 0 Å². The van der Waals surface area contributed by atoms with E-state index in [0.717, 1.165) is 17.2 Å². The van der Waals surface area contributed by atoms with Gasteiger partial charge in [0.2, 0.25) is 0 Å². The number of carboxylic acid groups (broad SMARTS) is 1. The molecule has 2 unspecified atom stereocenters. The average Bonchev–Trinajstić information content (AvgIpc) is 3.09. The minimum Gasteiger partial charge on any atom is -0.481 e. The molecule has 0 aromatic heterocycles. The number of carbonyl (C=O) groups excluding carboxylic acids is 1. The first-order chi connectivity index (χ1) is 11.5. The highest BCUT2D eigenvalue weighted by Crippen LogP contribution is 2.45. The molecular formula is C17H22N2O3S2. The topological polar surface area (TPSA) is 69.6 Å². The molecule has 0 aliphatic carbocycles. The number of thioether (sulfide) groups is 2. The number of likely N-dealkylation sites (tertiary alicyclic amines) is 1. The maximum atomic E-state index is 12.5. The number of carboxylic acids is 1. The molecule has 2 atom stereocenters. The number of carbonyl (C=O) groups is 2. The molecule has 2 fully saturated rings. The largest absolute Gasteiger partial charge is 0.481 e. The molecule has 24 heavy (non-hydrogen) atoms. The molecule has 130 valence electrons. The molecule has 0 spiro atoms. The molecule has 2 N–H and O–H groups in total. The third-order valence-electron chi connectivity index (χ3n) is 4.33. The highest BCUT2D eigenvalue weighted by Gasteiger charge is 2.32. The fourth-order valence-corrected chi connectivity index (χ4v) is 6.05. The van der Waals surface area contributed by atoms with Crippen LogP contribution in [0.4, 0.5) is 10.5 Å². The zero-order chi connectivity index (χ0) is 17.1. The Morgan fingerprint density at radius 2 is 2.00 bits per heavy atom. The average molecular weight is 367 g/mol. The van der Waals surface area contributed by atoms with Gasteiger partial charge in [0.1, 0.15) is 0 Å². The van der Waals surface area contributed by atoms with Gasteiger partial charge in [-0.15, -0.1) is 23.5 Å². The lowest BCUT2D eigenvalue weighted by molar-refractivity contribution is -0.143. The second kappa shape index (κ2) is 7.70. The number of benzene rings is 1. The maximum Gasteiger partial charge on any atom is 0.321 e. The van der Waals surface area contributed by atoms with E-state index in [1.807, 2.05) is 48.6 Å². The summed E-state index contributed by atoms with van der Waals surface area (Å²) in [6, 6.07) is 7.75. The van der Waals surface area contributed by atoms with E-state index in [0.29, 0.717) is 17.5 Å². The van der Waals surface area contributed by atoms with Crippen LogP contribution in [0.3, 0.4) is 0 Å². The first-order valence-corrected chi connectivity index (χ1v) is 10.2. The normalized spacial score (nSPS) is 24.8. The lowest BCUT2D eigenvalue weighted by Gasteiger charge is -2.34. The number of aliphatic carboxylic acids is 1. The first-order valence-electron chi connectivity index (χ1n) is 8.15. The van der Waals surface area contributed by atoms with Crippen LogP contribution < -0.4 is 5.32 Å². The van der Waals surface area contributed by atoms with Crippen LogP contribution in [0.1, 0.15) is 23.5 Å². The summed E-state index contributed by atoms with van der Waals surface area (Å²) >= 11 is 3.86. The smallest absolute Gasteiger partial charge is 0.321 e. The van der Waals surface area contributed by atoms with E-state index in [9.17, 15) is 14.7 Å². The van der Waals surface area contributed by atoms with Crippen LogP contribution in [0.5, 0.6) is 0 Å². The van der Waals surface area contributed by atoms with Gasteiger partial charge < -0.3 is 15.3 Å². The molecule has 0 radical (unpaired) electrons. The monoisotopic (exact) mass is 366 g/mol. The highest BCUT2D eigenvalue weighted by atomic mass is 32.2. The second-order valence-corrected chi connectivity index (χ2v) is 9.13. The van der Waals surface area contributed by atoms with Gasteiger partial charge in [-0.25, -0.2) is 4.79 Å². The molecule has 0 bridgehead atoms. The van der Waals surface area contributed by atoms with Gasteiger partial charge in [0.25, 0.3) is 0 Å². The van der Waals surface area contributed by atoms with Gasteiger partial charge in [-0.3, -0.25) is 4.79 Å². The van der Waals surface area contributed by atoms with E-state index in [4.69, 9.17) is 0 Å². The van der Waals surface area contributed by atoms with E-state index < -0.39 is 11.9 Å². The zero-order valence-corrected chi connectivity index (χ0v) is 15.2. The Kier molecular flexibility index (Phi) is 5.61. The Hall–Kier alpha value is -1.34. The minimum atomic E-state index is -0.823. The van der Waals surface area contributed by atoms with Crippen molar-refractivity contribution in [2.75, 3.05) is 29.9 Å². The van der Waals surface area contributed by atoms with Crippen LogP contribution in [0, 0.1) is 11.8 Å². The lowest BCUT2D eigenvalue weighted by atomic mass is 9.91. The number of piperidine rings is 1. The Morgan fingerprint density at radius 1 is 1.25 bits per heavy atom. The number of nitrogens with one attached hydrogen (secondary N) is 1. The molecule has 2 amide bonds. The fraction of sp³-hybridized carbons (Fsp3) is 0.529. The van der Waals surface area contributed by atoms with E-state index in [2.05, 4.69) is 11.4 Å². The van der Waals surface area contributed by atoms with Crippen molar-refractivity contribution in [3.8, 4) is 0 Å². The van der Waals surface area contributed by atoms with Crippen molar-refractivity contribution in [3.63, 3.8) is 0 Å². The molecule has 5 nitrogen and oxygen atoms in total. The number of amides is 2. The van der Waals surface area contributed by atoms with Crippen LogP contribution in [0.2, 0.25) is 0 Å². The Balaban J connectivity index is 1.65. The molecule has 0 saturated carbocycles. The third-order valence-corrected chi connectivity index (χ3v) is 7.43. The first kappa shape index (κ1) is 17.5. The third kappa shape index (κ3) is 4.19. The van der Waals surface area contributed by atoms with E-state index >= 15 is 0 Å². The summed E-state index contributed by atoms with van der Waals surface area (Å²) in [6.45, 7) is 2.87. The van der Waals surface area contributed by atoms with Crippen LogP contribution in [0.25, 0.3) is 0 Å². The van der Waals surface area contributed by atoms with Gasteiger partial charge in [0.05, 0.1) is 10.5 Å². The number of hydrogen-bond donors (Lipinski definition) is 2. The zero-order valence-electron chi connectivity index (χ0n) is 13.6. The van der Waals surface area contributed by atoms with Crippen molar-refractivity contribution in [3.05, 3.63) is 29.8 Å². The summed E-state index contributed by atoms with van der Waals surface area (Å²) in [5.41, 5.74) is 1.99. The molecule has 2 heterocycles. The molecule has 2 aliphatic rings. The summed E-state index contributed by atoms with van der Waals surface area (Å²) < 4.78 is 0.438. The predicted octanol–water partition coefficient (Wildman–Crippen LogP) is 3.74. The number of hydrogen-bond acceptors (Lipinski definition) is 4. The van der Waals surface area contributed by atoms with Crippen LogP contribution >= 0.6 is 23.5 Å². The molecule has 7 heteroatoms. The molecule has 1 aromatic rings. The van der Waals surface area contributed by atoms with Crippen molar-refractivity contribution < 1.29 is 14.7 Å². The Labute approximate surface area is 150 Å². The highest BCUT2D eigenvalue weighted by molar-refractivity contribution is 8.19. The number of anilines is 1. The van der Waals surface area contributed by atoms with Gasteiger partial charge in [-0.1, -0.05) is 19.1 Å². The lowest BCUT2D eigenvalue weighted by Crippen LogP contribution is -2.47. The van der Waals surface area contributed by atoms with Crippen LogP contribution in [0.15, 0.2) is 24.3 Å². The van der Waals surface area contributed by atoms with Gasteiger partial charge in [-0.05, 0) is 30.0 Å². The summed E-state index contributed by atoms with van der Waals surface area (Å²) in [6.07, 6.45) is 0.630. The molecular weight excluding hydrogens is 344 g/mol. The standard InChI is InChI=1S/C17H22N2O3S2/c1-11-7-13(15(20)21)10-19(9-11)17(22)18-14-4-2-3-12(8-14)16-23-5-6-24-16/h2-4,8,11,13,16H,5-7,9-10H2,1H3,(H,18,22)(H,20,21). The van der Waals surface area contributed by atoms with Crippen LogP contribution in [-0.2, 0) is 4.79 Å². The molecule has 3 rings (SSSR count). The van der Waals surface area contributed by atoms with Crippen molar-refractivity contribution >= 4 is 41.2 Å². The molecule has 2 saturated heterocycles. The SMILES string of the molecule is CC1CC(C(=O)O)CN(C(=O)Nc2cccc(C3SCCS3)c2)C1. The Morgan fingerprint density at radius 3 is 2.71 bits per heavy atom. The van der Waals surface area contributed by atoms with Gasteiger partial charge in [0.15, 0.2) is 0 Å². The maximum absolute atomic E-state index is 12.5. The fourth-order valence-electron chi connectivity index (χ4n) is 3.21. The summed E-state index contributed by atoms with van der Waals surface area (Å²) in [7, 11) is 0. The van der Waals surface area contributed by atoms with Gasteiger partial charge in [0, 0.05) is 30.3 Å². The summed E-state index contributed by atoms with van der Waals surface area (Å²) in [5, 5.41) is 12.2. The van der Waals surface area contributed by atoms with Gasteiger partial charge >= 0.3 is 12.0 Å². The van der Waals surface area contributed by atoms with Crippen LogP contribution in [-0.4, -0.2) is 46.6 Å². The molecule has 1 aromatic carbocycles. The van der Waals surface area contributed by atoms with Crippen molar-refractivity contribution in [1.82, 2.24) is 4.90 Å². The van der Waals surface area contributed by atoms with Crippen molar-refractivity contribution in [2.45, 2.75) is 17.9 Å². The number of rotatable bonds is 3. The second-order valence-electron chi connectivity index (χ2n) is 6.41. The van der Waals surface area contributed by atoms with E-state index in [-0.39, 0.29) is 18.5 Å². The molecule has 2 aliphatic heterocycles. The summed E-state index contributed by atoms with van der Waals surface area (Å²) in [4.78, 5) is 25.4. The van der Waals surface area contributed by atoms with E-state index in [1.54, 1.807) is 4.90 Å². The number of urea groups is 1. The predicted molar refractivity (Wildman–Crippen MR) is 99.6 cm³/mol. The number of nitrogens with zero attached hydrogens (tertiary/aromatic N) is 1. The van der Waals surface area contributed by atoms with Crippen molar-refractivity contribution in [1.29, 1.82) is 0 Å². The van der Waals surface area contributed by atoms with Crippen molar-refractivity contribution in [2.24, 2.45) is 11.8 Å².